The van der Waals surface area contributed by atoms with Crippen molar-refractivity contribution in [3.8, 4) is 0 Å². The zero-order valence-corrected chi connectivity index (χ0v) is 11.1. The number of methoxy groups -OCH3 is 1. The van der Waals surface area contributed by atoms with Gasteiger partial charge >= 0.3 is 0 Å². The summed E-state index contributed by atoms with van der Waals surface area (Å²) in [6.07, 6.45) is 4.32. The zero-order chi connectivity index (χ0) is 12.8. The lowest BCUT2D eigenvalue weighted by Gasteiger charge is -2.17. The van der Waals surface area contributed by atoms with E-state index in [1.807, 2.05) is 30.3 Å². The van der Waals surface area contributed by atoms with Gasteiger partial charge in [-0.05, 0) is 35.5 Å². The Hall–Kier alpha value is -1.74. The molecule has 0 N–H and O–H groups in total. The zero-order valence-electron chi connectivity index (χ0n) is 10.2. The molecule has 1 unspecified atom stereocenters. The van der Waals surface area contributed by atoms with E-state index in [0.29, 0.717) is 11.5 Å². The van der Waals surface area contributed by atoms with Crippen molar-refractivity contribution in [2.24, 2.45) is 0 Å². The van der Waals surface area contributed by atoms with Crippen molar-refractivity contribution in [3.63, 3.8) is 0 Å². The Morgan fingerprint density at radius 2 is 1.72 bits per heavy atom. The third-order valence-electron chi connectivity index (χ3n) is 2.91. The highest BCUT2D eigenvalue weighted by molar-refractivity contribution is 7.80. The molecule has 2 nitrogen and oxygen atoms in total. The summed E-state index contributed by atoms with van der Waals surface area (Å²) >= 11 is 5.19. The predicted octanol–water partition coefficient (Wildman–Crippen LogP) is 3.58. The number of aromatic nitrogens is 1. The average Bonchev–Trinajstić information content (AvgIpc) is 2.46. The minimum atomic E-state index is 0.224. The van der Waals surface area contributed by atoms with Crippen LogP contribution in [0.25, 0.3) is 0 Å². The summed E-state index contributed by atoms with van der Waals surface area (Å²) in [5.74, 6) is 0.224. The molecule has 0 amide bonds. The molecule has 0 saturated heterocycles. The predicted molar refractivity (Wildman–Crippen MR) is 76.7 cm³/mol. The molecule has 0 saturated carbocycles. The van der Waals surface area contributed by atoms with Gasteiger partial charge in [0.25, 0.3) is 0 Å². The van der Waals surface area contributed by atoms with Crippen molar-refractivity contribution in [3.05, 3.63) is 66.0 Å². The maximum absolute atomic E-state index is 5.19. The van der Waals surface area contributed by atoms with E-state index in [-0.39, 0.29) is 5.92 Å². The Morgan fingerprint density at radius 1 is 1.11 bits per heavy atom. The summed E-state index contributed by atoms with van der Waals surface area (Å²) in [6, 6.07) is 14.4. The van der Waals surface area contributed by atoms with E-state index in [0.717, 1.165) is 0 Å². The van der Waals surface area contributed by atoms with Gasteiger partial charge in [-0.15, -0.1) is 0 Å². The van der Waals surface area contributed by atoms with Gasteiger partial charge in [0.2, 0.25) is 0 Å². The van der Waals surface area contributed by atoms with E-state index in [2.05, 4.69) is 17.1 Å². The molecule has 0 spiro atoms. The molecule has 2 rings (SSSR count). The van der Waals surface area contributed by atoms with E-state index in [4.69, 9.17) is 17.0 Å². The molecule has 1 aromatic carbocycles. The molecular formula is C15H15NOS. The molecule has 0 radical (unpaired) electrons. The van der Waals surface area contributed by atoms with Crippen molar-refractivity contribution >= 4 is 17.3 Å². The first kappa shape index (κ1) is 12.7. The topological polar surface area (TPSA) is 22.1 Å². The largest absolute Gasteiger partial charge is 0.490 e. The molecule has 0 aliphatic heterocycles. The minimum absolute atomic E-state index is 0.224. The van der Waals surface area contributed by atoms with Gasteiger partial charge in [0.05, 0.1) is 7.11 Å². The van der Waals surface area contributed by atoms with Crippen LogP contribution in [0.3, 0.4) is 0 Å². The van der Waals surface area contributed by atoms with Crippen LogP contribution in [0.4, 0.5) is 0 Å². The molecule has 0 fully saturated rings. The molecule has 2 aromatic rings. The highest BCUT2D eigenvalue weighted by Crippen LogP contribution is 2.28. The van der Waals surface area contributed by atoms with Crippen molar-refractivity contribution < 1.29 is 4.74 Å². The van der Waals surface area contributed by atoms with Crippen molar-refractivity contribution in [1.29, 1.82) is 0 Å². The second kappa shape index (κ2) is 6.26. The first-order valence-electron chi connectivity index (χ1n) is 5.83. The van der Waals surface area contributed by atoms with Crippen LogP contribution in [0.15, 0.2) is 54.9 Å². The summed E-state index contributed by atoms with van der Waals surface area (Å²) in [4.78, 5) is 4.06. The number of nitrogens with zero attached hydrogens (tertiary/aromatic N) is 1. The van der Waals surface area contributed by atoms with Crippen LogP contribution in [-0.4, -0.2) is 17.1 Å². The third kappa shape index (κ3) is 3.14. The van der Waals surface area contributed by atoms with Crippen LogP contribution in [0.5, 0.6) is 0 Å². The Balaban J connectivity index is 2.32. The monoisotopic (exact) mass is 257 g/mol. The van der Waals surface area contributed by atoms with E-state index in [1.165, 1.54) is 11.1 Å². The van der Waals surface area contributed by atoms with E-state index < -0.39 is 0 Å². The van der Waals surface area contributed by atoms with Gasteiger partial charge in [-0.2, -0.15) is 0 Å². The summed E-state index contributed by atoms with van der Waals surface area (Å²) in [7, 11) is 1.62. The third-order valence-corrected chi connectivity index (χ3v) is 3.24. The molecule has 1 heterocycles. The van der Waals surface area contributed by atoms with Gasteiger partial charge in [0, 0.05) is 24.7 Å². The smallest absolute Gasteiger partial charge is 0.160 e. The van der Waals surface area contributed by atoms with Crippen molar-refractivity contribution in [1.82, 2.24) is 4.98 Å². The van der Waals surface area contributed by atoms with Crippen molar-refractivity contribution in [2.75, 3.05) is 7.11 Å². The molecular weight excluding hydrogens is 242 g/mol. The van der Waals surface area contributed by atoms with Crippen LogP contribution in [0, 0.1) is 0 Å². The summed E-state index contributed by atoms with van der Waals surface area (Å²) in [5.41, 5.74) is 2.44. The van der Waals surface area contributed by atoms with Gasteiger partial charge in [0.15, 0.2) is 5.05 Å². The minimum Gasteiger partial charge on any atom is -0.490 e. The SMILES string of the molecule is COC(=S)CC(c1ccccc1)c1ccncc1. The van der Waals surface area contributed by atoms with E-state index in [1.54, 1.807) is 19.5 Å². The maximum Gasteiger partial charge on any atom is 0.160 e. The van der Waals surface area contributed by atoms with Gasteiger partial charge in [-0.1, -0.05) is 30.3 Å². The molecule has 1 atom stereocenters. The molecule has 3 heteroatoms. The summed E-state index contributed by atoms with van der Waals surface area (Å²) in [6.45, 7) is 0. The lowest BCUT2D eigenvalue weighted by Crippen LogP contribution is -2.08. The second-order valence-electron chi connectivity index (χ2n) is 4.02. The van der Waals surface area contributed by atoms with Crippen molar-refractivity contribution in [2.45, 2.75) is 12.3 Å². The van der Waals surface area contributed by atoms with Crippen LogP contribution in [-0.2, 0) is 4.74 Å². The standard InChI is InChI=1S/C15H15NOS/c1-17-15(18)11-14(12-5-3-2-4-6-12)13-7-9-16-10-8-13/h2-10,14H,11H2,1H3. The van der Waals surface area contributed by atoms with Crippen LogP contribution >= 0.6 is 12.2 Å². The fraction of sp³-hybridized carbons (Fsp3) is 0.200. The lowest BCUT2D eigenvalue weighted by atomic mass is 9.89. The lowest BCUT2D eigenvalue weighted by molar-refractivity contribution is 0.399. The Bertz CT molecular complexity index is 459. The fourth-order valence-corrected chi connectivity index (χ4v) is 2.13. The fourth-order valence-electron chi connectivity index (χ4n) is 1.96. The normalized spacial score (nSPS) is 11.8. The number of benzene rings is 1. The molecule has 0 bridgehead atoms. The van der Waals surface area contributed by atoms with Crippen LogP contribution in [0.2, 0.25) is 0 Å². The Kier molecular flexibility index (Phi) is 4.42. The highest BCUT2D eigenvalue weighted by Gasteiger charge is 2.16. The number of hydrogen-bond donors (Lipinski definition) is 0. The first-order chi connectivity index (χ1) is 8.81. The Morgan fingerprint density at radius 3 is 2.33 bits per heavy atom. The summed E-state index contributed by atoms with van der Waals surface area (Å²) in [5, 5.41) is 0.626. The van der Waals surface area contributed by atoms with Crippen LogP contribution in [0.1, 0.15) is 23.5 Å². The van der Waals surface area contributed by atoms with E-state index >= 15 is 0 Å². The number of rotatable bonds is 4. The van der Waals surface area contributed by atoms with Crippen LogP contribution < -0.4 is 0 Å². The van der Waals surface area contributed by atoms with Gasteiger partial charge in [-0.3, -0.25) is 4.98 Å². The van der Waals surface area contributed by atoms with Gasteiger partial charge in [0.1, 0.15) is 0 Å². The number of thiocarbonyl (C=S) groups is 1. The van der Waals surface area contributed by atoms with Gasteiger partial charge in [-0.25, -0.2) is 0 Å². The number of hydrogen-bond acceptors (Lipinski definition) is 3. The summed E-state index contributed by atoms with van der Waals surface area (Å²) < 4.78 is 5.14. The molecule has 92 valence electrons. The number of ether oxygens (including phenoxy) is 1. The average molecular weight is 257 g/mol. The second-order valence-corrected chi connectivity index (χ2v) is 4.48. The maximum atomic E-state index is 5.19. The quantitative estimate of drug-likeness (QED) is 0.782. The molecule has 0 aliphatic carbocycles. The van der Waals surface area contributed by atoms with E-state index in [9.17, 15) is 0 Å². The first-order valence-corrected chi connectivity index (χ1v) is 6.23. The van der Waals surface area contributed by atoms with Gasteiger partial charge < -0.3 is 4.74 Å². The highest BCUT2D eigenvalue weighted by atomic mass is 32.1. The Labute approximate surface area is 113 Å². The molecule has 0 aliphatic rings. The number of pyridine rings is 1. The molecule has 1 aromatic heterocycles. The molecule has 18 heavy (non-hydrogen) atoms.